The number of rotatable bonds is 4. The molecule has 6 heteroatoms. The molecule has 6 nitrogen and oxygen atoms in total. The van der Waals surface area contributed by atoms with Gasteiger partial charge in [0.05, 0.1) is 11.9 Å². The monoisotopic (exact) mass is 281 g/mol. The van der Waals surface area contributed by atoms with E-state index in [-0.39, 0.29) is 22.7 Å². The van der Waals surface area contributed by atoms with Crippen LogP contribution in [0.15, 0.2) is 41.3 Å². The Balaban J connectivity index is 1.74. The van der Waals surface area contributed by atoms with Crippen molar-refractivity contribution in [3.8, 4) is 0 Å². The van der Waals surface area contributed by atoms with Crippen molar-refractivity contribution in [2.75, 3.05) is 5.73 Å². The molecule has 2 heterocycles. The number of nitrogens with two attached hydrogens (primary N) is 1. The SMILES string of the molecule is Nc1nc2ncc(CCCc3ccccc3)nc2c(=O)[nH]1. The number of aryl methyl sites for hydroxylation is 2. The third-order valence-electron chi connectivity index (χ3n) is 3.23. The Labute approximate surface area is 121 Å². The van der Waals surface area contributed by atoms with Gasteiger partial charge in [0.25, 0.3) is 5.56 Å². The number of anilines is 1. The van der Waals surface area contributed by atoms with Crippen molar-refractivity contribution in [3.63, 3.8) is 0 Å². The molecule has 0 aliphatic carbocycles. The molecule has 0 amide bonds. The van der Waals surface area contributed by atoms with Crippen LogP contribution in [0.1, 0.15) is 17.7 Å². The lowest BCUT2D eigenvalue weighted by Gasteiger charge is -2.03. The number of hydrogen-bond donors (Lipinski definition) is 2. The number of nitrogens with zero attached hydrogens (tertiary/aromatic N) is 3. The van der Waals surface area contributed by atoms with Gasteiger partial charge in [0, 0.05) is 0 Å². The van der Waals surface area contributed by atoms with E-state index in [1.165, 1.54) is 5.56 Å². The molecule has 3 aromatic rings. The molecule has 0 unspecified atom stereocenters. The highest BCUT2D eigenvalue weighted by Crippen LogP contribution is 2.08. The van der Waals surface area contributed by atoms with Gasteiger partial charge in [-0.05, 0) is 24.8 Å². The van der Waals surface area contributed by atoms with Crippen molar-refractivity contribution < 1.29 is 0 Å². The Morgan fingerprint density at radius 2 is 1.90 bits per heavy atom. The fraction of sp³-hybridized carbons (Fsp3) is 0.200. The van der Waals surface area contributed by atoms with Gasteiger partial charge in [-0.15, -0.1) is 0 Å². The molecular weight excluding hydrogens is 266 g/mol. The Morgan fingerprint density at radius 1 is 1.10 bits per heavy atom. The first-order valence-corrected chi connectivity index (χ1v) is 6.78. The van der Waals surface area contributed by atoms with Gasteiger partial charge in [-0.25, -0.2) is 9.97 Å². The number of hydrogen-bond acceptors (Lipinski definition) is 5. The average Bonchev–Trinajstić information content (AvgIpc) is 2.49. The van der Waals surface area contributed by atoms with E-state index < -0.39 is 0 Å². The fourth-order valence-electron chi connectivity index (χ4n) is 2.21. The minimum atomic E-state index is -0.352. The van der Waals surface area contributed by atoms with Crippen molar-refractivity contribution in [2.45, 2.75) is 19.3 Å². The van der Waals surface area contributed by atoms with E-state index in [4.69, 9.17) is 5.73 Å². The normalized spacial score (nSPS) is 10.9. The Morgan fingerprint density at radius 3 is 2.71 bits per heavy atom. The largest absolute Gasteiger partial charge is 0.369 e. The molecule has 0 bridgehead atoms. The summed E-state index contributed by atoms with van der Waals surface area (Å²) < 4.78 is 0. The minimum absolute atomic E-state index is 0.0543. The second-order valence-electron chi connectivity index (χ2n) is 4.82. The van der Waals surface area contributed by atoms with Gasteiger partial charge < -0.3 is 5.73 Å². The molecule has 0 aliphatic heterocycles. The first-order chi connectivity index (χ1) is 10.2. The Hall–Kier alpha value is -2.76. The maximum absolute atomic E-state index is 11.8. The number of aromatic amines is 1. The molecule has 0 radical (unpaired) electrons. The topological polar surface area (TPSA) is 97.5 Å². The highest BCUT2D eigenvalue weighted by atomic mass is 16.1. The quantitative estimate of drug-likeness (QED) is 0.754. The van der Waals surface area contributed by atoms with Gasteiger partial charge in [0.2, 0.25) is 5.95 Å². The van der Waals surface area contributed by atoms with Crippen LogP contribution in [0.4, 0.5) is 5.95 Å². The molecular formula is C15H15N5O. The van der Waals surface area contributed by atoms with Crippen molar-refractivity contribution in [2.24, 2.45) is 0 Å². The molecule has 0 spiro atoms. The van der Waals surface area contributed by atoms with Crippen molar-refractivity contribution in [1.29, 1.82) is 0 Å². The molecule has 21 heavy (non-hydrogen) atoms. The zero-order valence-electron chi connectivity index (χ0n) is 11.4. The third kappa shape index (κ3) is 3.05. The predicted molar refractivity (Wildman–Crippen MR) is 80.8 cm³/mol. The van der Waals surface area contributed by atoms with Gasteiger partial charge >= 0.3 is 0 Å². The summed E-state index contributed by atoms with van der Waals surface area (Å²) in [5.74, 6) is 0.0543. The van der Waals surface area contributed by atoms with Gasteiger partial charge in [-0.2, -0.15) is 4.98 Å². The molecule has 0 saturated heterocycles. The lowest BCUT2D eigenvalue weighted by Crippen LogP contribution is -2.14. The minimum Gasteiger partial charge on any atom is -0.369 e. The maximum atomic E-state index is 11.8. The molecule has 2 aromatic heterocycles. The Bertz CT molecular complexity index is 813. The van der Waals surface area contributed by atoms with Gasteiger partial charge in [0.15, 0.2) is 11.2 Å². The summed E-state index contributed by atoms with van der Waals surface area (Å²) >= 11 is 0. The predicted octanol–water partition coefficient (Wildman–Crippen LogP) is 1.47. The van der Waals surface area contributed by atoms with Crippen LogP contribution in [-0.2, 0) is 12.8 Å². The van der Waals surface area contributed by atoms with Crippen LogP contribution in [0, 0.1) is 0 Å². The molecule has 1 aromatic carbocycles. The summed E-state index contributed by atoms with van der Waals surface area (Å²) in [6.45, 7) is 0. The number of aromatic nitrogens is 4. The highest BCUT2D eigenvalue weighted by molar-refractivity contribution is 5.69. The second kappa shape index (κ2) is 5.70. The smallest absolute Gasteiger partial charge is 0.280 e. The first-order valence-electron chi connectivity index (χ1n) is 6.78. The van der Waals surface area contributed by atoms with Crippen LogP contribution in [0.25, 0.3) is 11.2 Å². The number of benzene rings is 1. The number of nitrogen functional groups attached to an aromatic ring is 1. The molecule has 3 rings (SSSR count). The fourth-order valence-corrected chi connectivity index (χ4v) is 2.21. The Kier molecular flexibility index (Phi) is 3.59. The zero-order chi connectivity index (χ0) is 14.7. The van der Waals surface area contributed by atoms with Crippen molar-refractivity contribution in [3.05, 3.63) is 58.1 Å². The summed E-state index contributed by atoms with van der Waals surface area (Å²) in [7, 11) is 0. The lowest BCUT2D eigenvalue weighted by molar-refractivity contribution is 0.797. The average molecular weight is 281 g/mol. The standard InChI is InChI=1S/C15H15N5O/c16-15-19-13-12(14(21)20-15)18-11(9-17-13)8-4-7-10-5-2-1-3-6-10/h1-3,5-6,9H,4,7-8H2,(H3,16,17,19,20,21). The van der Waals surface area contributed by atoms with Crippen molar-refractivity contribution in [1.82, 2.24) is 19.9 Å². The summed E-state index contributed by atoms with van der Waals surface area (Å²) in [5, 5.41) is 0. The van der Waals surface area contributed by atoms with E-state index in [0.29, 0.717) is 0 Å². The zero-order valence-corrected chi connectivity index (χ0v) is 11.4. The summed E-state index contributed by atoms with van der Waals surface area (Å²) in [4.78, 5) is 26.6. The van der Waals surface area contributed by atoms with Crippen LogP contribution < -0.4 is 11.3 Å². The summed E-state index contributed by atoms with van der Waals surface area (Å²) in [6, 6.07) is 10.3. The van der Waals surface area contributed by atoms with E-state index in [9.17, 15) is 4.79 Å². The maximum Gasteiger partial charge on any atom is 0.280 e. The lowest BCUT2D eigenvalue weighted by atomic mass is 10.1. The molecule has 0 fully saturated rings. The second-order valence-corrected chi connectivity index (χ2v) is 4.82. The molecule has 0 aliphatic rings. The number of H-pyrrole nitrogens is 1. The van der Waals surface area contributed by atoms with Gasteiger partial charge in [-0.3, -0.25) is 9.78 Å². The van der Waals surface area contributed by atoms with Crippen molar-refractivity contribution >= 4 is 17.1 Å². The number of fused-ring (bicyclic) bond motifs is 1. The van der Waals surface area contributed by atoms with Crippen LogP contribution in [0.2, 0.25) is 0 Å². The third-order valence-corrected chi connectivity index (χ3v) is 3.23. The first kappa shape index (κ1) is 13.2. The van der Waals surface area contributed by atoms with Crippen LogP contribution in [-0.4, -0.2) is 19.9 Å². The van der Waals surface area contributed by atoms with Crippen LogP contribution in [0.3, 0.4) is 0 Å². The van der Waals surface area contributed by atoms with E-state index in [0.717, 1.165) is 25.0 Å². The number of nitrogens with one attached hydrogen (secondary N) is 1. The van der Waals surface area contributed by atoms with E-state index in [1.54, 1.807) is 6.20 Å². The van der Waals surface area contributed by atoms with Crippen LogP contribution in [0.5, 0.6) is 0 Å². The molecule has 106 valence electrons. The highest BCUT2D eigenvalue weighted by Gasteiger charge is 2.06. The van der Waals surface area contributed by atoms with E-state index in [2.05, 4.69) is 32.1 Å². The molecule has 0 saturated carbocycles. The van der Waals surface area contributed by atoms with Crippen LogP contribution >= 0.6 is 0 Å². The van der Waals surface area contributed by atoms with Gasteiger partial charge in [-0.1, -0.05) is 30.3 Å². The van der Waals surface area contributed by atoms with Gasteiger partial charge in [0.1, 0.15) is 0 Å². The molecule has 0 atom stereocenters. The summed E-state index contributed by atoms with van der Waals surface area (Å²) in [6.07, 6.45) is 4.34. The molecule has 3 N–H and O–H groups in total. The van der Waals surface area contributed by atoms with E-state index >= 15 is 0 Å². The van der Waals surface area contributed by atoms with E-state index in [1.807, 2.05) is 18.2 Å². The summed E-state index contributed by atoms with van der Waals surface area (Å²) in [5.41, 5.74) is 7.72.